The number of halogens is 1. The number of nitrogens with zero attached hydrogens (tertiary/aromatic N) is 6. The molecule has 0 atom stereocenters. The zero-order valence-corrected chi connectivity index (χ0v) is 18.0. The van der Waals surface area contributed by atoms with Crippen molar-refractivity contribution in [3.63, 3.8) is 0 Å². The minimum absolute atomic E-state index is 0.00822. The van der Waals surface area contributed by atoms with Gasteiger partial charge in [0.1, 0.15) is 4.90 Å². The summed E-state index contributed by atoms with van der Waals surface area (Å²) in [5.41, 5.74) is 1.49. The second kappa shape index (κ2) is 7.72. The third-order valence-electron chi connectivity index (χ3n) is 4.84. The summed E-state index contributed by atoms with van der Waals surface area (Å²) in [7, 11) is -1.87. The summed E-state index contributed by atoms with van der Waals surface area (Å²) in [6.45, 7) is 5.47. The van der Waals surface area contributed by atoms with Crippen LogP contribution in [0.25, 0.3) is 0 Å². The summed E-state index contributed by atoms with van der Waals surface area (Å²) in [6.07, 6.45) is 3.57. The molecule has 1 saturated heterocycles. The molecule has 0 aromatic carbocycles. The number of aromatic nitrogens is 4. The first kappa shape index (κ1) is 20.0. The van der Waals surface area contributed by atoms with Gasteiger partial charge in [-0.2, -0.15) is 14.5 Å². The van der Waals surface area contributed by atoms with Gasteiger partial charge in [0, 0.05) is 52.4 Å². The standard InChI is InChI=1S/C16H23BrN6O3S/c1-12-14(17)11-22(19-12)5-4-16(24)21-6-8-23(9-7-21)27(25,26)15-10-18-20(3)13(15)2/h10-11H,4-9H2,1-3H3. The molecule has 1 aliphatic heterocycles. The first-order chi connectivity index (χ1) is 12.7. The topological polar surface area (TPSA) is 93.3 Å². The largest absolute Gasteiger partial charge is 0.340 e. The highest BCUT2D eigenvalue weighted by Crippen LogP contribution is 2.20. The van der Waals surface area contributed by atoms with Crippen molar-refractivity contribution in [1.29, 1.82) is 0 Å². The van der Waals surface area contributed by atoms with Crippen LogP contribution in [0, 0.1) is 13.8 Å². The Morgan fingerprint density at radius 2 is 1.89 bits per heavy atom. The molecular formula is C16H23BrN6O3S. The van der Waals surface area contributed by atoms with Crippen LogP contribution in [0.5, 0.6) is 0 Å². The number of carbonyl (C=O) groups is 1. The molecule has 3 rings (SSSR count). The fourth-order valence-electron chi connectivity index (χ4n) is 3.03. The fraction of sp³-hybridized carbons (Fsp3) is 0.562. The van der Waals surface area contributed by atoms with Crippen LogP contribution in [0.15, 0.2) is 21.8 Å². The lowest BCUT2D eigenvalue weighted by Gasteiger charge is -2.34. The van der Waals surface area contributed by atoms with Crippen LogP contribution in [0.4, 0.5) is 0 Å². The molecule has 3 heterocycles. The predicted molar refractivity (Wildman–Crippen MR) is 103 cm³/mol. The smallest absolute Gasteiger partial charge is 0.246 e. The van der Waals surface area contributed by atoms with Crippen LogP contribution < -0.4 is 0 Å². The summed E-state index contributed by atoms with van der Waals surface area (Å²) >= 11 is 3.40. The van der Waals surface area contributed by atoms with Gasteiger partial charge in [0.05, 0.1) is 22.1 Å². The molecule has 0 unspecified atom stereocenters. The van der Waals surface area contributed by atoms with Gasteiger partial charge in [0.2, 0.25) is 15.9 Å². The Labute approximate surface area is 167 Å². The van der Waals surface area contributed by atoms with Gasteiger partial charge >= 0.3 is 0 Å². The quantitative estimate of drug-likeness (QED) is 0.663. The first-order valence-corrected chi connectivity index (χ1v) is 10.9. The fourth-order valence-corrected chi connectivity index (χ4v) is 4.95. The van der Waals surface area contributed by atoms with Gasteiger partial charge in [0.25, 0.3) is 0 Å². The lowest BCUT2D eigenvalue weighted by Crippen LogP contribution is -2.50. The van der Waals surface area contributed by atoms with Crippen molar-refractivity contribution in [2.45, 2.75) is 31.7 Å². The average Bonchev–Trinajstić information content (AvgIpc) is 3.15. The molecule has 2 aromatic heterocycles. The second-order valence-corrected chi connectivity index (χ2v) is 9.34. The van der Waals surface area contributed by atoms with Gasteiger partial charge in [-0.05, 0) is 29.8 Å². The van der Waals surface area contributed by atoms with Gasteiger partial charge < -0.3 is 4.90 Å². The van der Waals surface area contributed by atoms with Crippen molar-refractivity contribution in [3.05, 3.63) is 28.3 Å². The molecule has 2 aromatic rings. The van der Waals surface area contributed by atoms with E-state index < -0.39 is 10.0 Å². The number of hydrogen-bond acceptors (Lipinski definition) is 5. The lowest BCUT2D eigenvalue weighted by molar-refractivity contribution is -0.132. The molecule has 0 bridgehead atoms. The Morgan fingerprint density at radius 1 is 1.22 bits per heavy atom. The molecule has 9 nitrogen and oxygen atoms in total. The highest BCUT2D eigenvalue weighted by atomic mass is 79.9. The van der Waals surface area contributed by atoms with Crippen LogP contribution >= 0.6 is 15.9 Å². The molecule has 0 N–H and O–H groups in total. The molecule has 148 valence electrons. The first-order valence-electron chi connectivity index (χ1n) is 8.66. The van der Waals surface area contributed by atoms with Crippen LogP contribution in [-0.2, 0) is 28.4 Å². The van der Waals surface area contributed by atoms with Crippen molar-refractivity contribution in [3.8, 4) is 0 Å². The number of carbonyl (C=O) groups excluding carboxylic acids is 1. The zero-order chi connectivity index (χ0) is 19.8. The Hall–Kier alpha value is -1.72. The molecule has 27 heavy (non-hydrogen) atoms. The van der Waals surface area contributed by atoms with Crippen molar-refractivity contribution in [2.24, 2.45) is 7.05 Å². The van der Waals surface area contributed by atoms with E-state index in [1.807, 2.05) is 13.1 Å². The van der Waals surface area contributed by atoms with Gasteiger partial charge in [0.15, 0.2) is 0 Å². The van der Waals surface area contributed by atoms with E-state index in [1.54, 1.807) is 28.2 Å². The van der Waals surface area contributed by atoms with Gasteiger partial charge in [-0.3, -0.25) is 14.2 Å². The zero-order valence-electron chi connectivity index (χ0n) is 15.6. The molecule has 0 aliphatic carbocycles. The van der Waals surface area contributed by atoms with E-state index in [9.17, 15) is 13.2 Å². The summed E-state index contributed by atoms with van der Waals surface area (Å²) in [6, 6.07) is 0. The lowest BCUT2D eigenvalue weighted by atomic mass is 10.3. The van der Waals surface area contributed by atoms with E-state index in [2.05, 4.69) is 26.1 Å². The summed E-state index contributed by atoms with van der Waals surface area (Å²) in [4.78, 5) is 14.4. The van der Waals surface area contributed by atoms with E-state index >= 15 is 0 Å². The molecule has 11 heteroatoms. The molecule has 1 amide bonds. The molecule has 0 spiro atoms. The third kappa shape index (κ3) is 4.09. The van der Waals surface area contributed by atoms with Crippen LogP contribution in [-0.4, -0.2) is 69.3 Å². The maximum Gasteiger partial charge on any atom is 0.246 e. The second-order valence-electron chi connectivity index (χ2n) is 6.58. The van der Waals surface area contributed by atoms with E-state index in [1.165, 1.54) is 10.5 Å². The molecule has 0 saturated carbocycles. The van der Waals surface area contributed by atoms with Gasteiger partial charge in [-0.1, -0.05) is 0 Å². The van der Waals surface area contributed by atoms with Crippen molar-refractivity contribution in [2.75, 3.05) is 26.2 Å². The average molecular weight is 459 g/mol. The van der Waals surface area contributed by atoms with Crippen LogP contribution in [0.3, 0.4) is 0 Å². The van der Waals surface area contributed by atoms with Crippen molar-refractivity contribution < 1.29 is 13.2 Å². The summed E-state index contributed by atoms with van der Waals surface area (Å²) in [5.74, 6) is 0.00822. The third-order valence-corrected chi connectivity index (χ3v) is 7.62. The Balaban J connectivity index is 1.56. The molecule has 1 fully saturated rings. The van der Waals surface area contributed by atoms with Crippen LogP contribution in [0.1, 0.15) is 17.8 Å². The van der Waals surface area contributed by atoms with E-state index in [4.69, 9.17) is 0 Å². The number of amides is 1. The number of sulfonamides is 1. The number of aryl methyl sites for hydroxylation is 3. The Bertz CT molecular complexity index is 924. The maximum absolute atomic E-state index is 12.8. The van der Waals surface area contributed by atoms with Gasteiger partial charge in [-0.15, -0.1) is 0 Å². The van der Waals surface area contributed by atoms with Crippen LogP contribution in [0.2, 0.25) is 0 Å². The van der Waals surface area contributed by atoms with E-state index in [0.29, 0.717) is 31.7 Å². The minimum Gasteiger partial charge on any atom is -0.340 e. The maximum atomic E-state index is 12.8. The number of piperazine rings is 1. The summed E-state index contributed by atoms with van der Waals surface area (Å²) in [5, 5.41) is 8.34. The monoisotopic (exact) mass is 458 g/mol. The molecule has 0 radical (unpaired) electrons. The predicted octanol–water partition coefficient (Wildman–Crippen LogP) is 0.919. The van der Waals surface area contributed by atoms with Crippen molar-refractivity contribution in [1.82, 2.24) is 28.8 Å². The molecule has 1 aliphatic rings. The van der Waals surface area contributed by atoms with Gasteiger partial charge in [-0.25, -0.2) is 8.42 Å². The normalized spacial score (nSPS) is 16.1. The highest BCUT2D eigenvalue weighted by Gasteiger charge is 2.32. The Kier molecular flexibility index (Phi) is 5.73. The highest BCUT2D eigenvalue weighted by molar-refractivity contribution is 9.10. The molecular weight excluding hydrogens is 436 g/mol. The van der Waals surface area contributed by atoms with E-state index in [0.717, 1.165) is 10.2 Å². The Morgan fingerprint density at radius 3 is 2.41 bits per heavy atom. The SMILES string of the molecule is Cc1nn(CCC(=O)N2CCN(S(=O)(=O)c3cnn(C)c3C)CC2)cc1Br. The summed E-state index contributed by atoms with van der Waals surface area (Å²) < 4.78 is 31.2. The number of rotatable bonds is 5. The number of hydrogen-bond donors (Lipinski definition) is 0. The van der Waals surface area contributed by atoms with Crippen molar-refractivity contribution >= 4 is 31.9 Å². The van der Waals surface area contributed by atoms with E-state index in [-0.39, 0.29) is 23.9 Å². The minimum atomic E-state index is -3.59.